The van der Waals surface area contributed by atoms with Gasteiger partial charge in [-0.25, -0.2) is 0 Å². The van der Waals surface area contributed by atoms with Gasteiger partial charge in [0.05, 0.1) is 12.5 Å². The SMILES string of the molecule is Cc1ccc(OCCCCNC(=O)C2CNC2)cc1. The first-order valence-electron chi connectivity index (χ1n) is 6.93. The van der Waals surface area contributed by atoms with Gasteiger partial charge in [-0.3, -0.25) is 4.79 Å². The van der Waals surface area contributed by atoms with Crippen molar-refractivity contribution >= 4 is 5.91 Å². The van der Waals surface area contributed by atoms with Crippen LogP contribution in [-0.4, -0.2) is 32.1 Å². The quantitative estimate of drug-likeness (QED) is 0.732. The second-order valence-corrected chi connectivity index (χ2v) is 5.01. The van der Waals surface area contributed by atoms with Crippen LogP contribution in [0.25, 0.3) is 0 Å². The van der Waals surface area contributed by atoms with Gasteiger partial charge in [0.15, 0.2) is 0 Å². The van der Waals surface area contributed by atoms with Gasteiger partial charge in [0, 0.05) is 19.6 Å². The Labute approximate surface area is 114 Å². The van der Waals surface area contributed by atoms with Gasteiger partial charge in [0.25, 0.3) is 0 Å². The number of amides is 1. The maximum atomic E-state index is 11.5. The van der Waals surface area contributed by atoms with Gasteiger partial charge in [-0.15, -0.1) is 0 Å². The number of hydrogen-bond acceptors (Lipinski definition) is 3. The zero-order chi connectivity index (χ0) is 13.5. The van der Waals surface area contributed by atoms with Crippen molar-refractivity contribution in [3.05, 3.63) is 29.8 Å². The van der Waals surface area contributed by atoms with Gasteiger partial charge >= 0.3 is 0 Å². The van der Waals surface area contributed by atoms with Crippen LogP contribution in [0.3, 0.4) is 0 Å². The monoisotopic (exact) mass is 262 g/mol. The molecule has 0 aromatic heterocycles. The van der Waals surface area contributed by atoms with Gasteiger partial charge in [-0.2, -0.15) is 0 Å². The number of aryl methyl sites for hydroxylation is 1. The molecule has 104 valence electrons. The molecule has 1 aromatic rings. The Morgan fingerprint density at radius 2 is 2.05 bits per heavy atom. The summed E-state index contributed by atoms with van der Waals surface area (Å²) in [6.07, 6.45) is 1.91. The van der Waals surface area contributed by atoms with Crippen LogP contribution in [-0.2, 0) is 4.79 Å². The summed E-state index contributed by atoms with van der Waals surface area (Å²) in [6.45, 7) is 5.14. The molecule has 0 radical (unpaired) electrons. The third-order valence-corrected chi connectivity index (χ3v) is 3.31. The summed E-state index contributed by atoms with van der Waals surface area (Å²) in [6, 6.07) is 8.06. The second kappa shape index (κ2) is 7.14. The third-order valence-electron chi connectivity index (χ3n) is 3.31. The van der Waals surface area contributed by atoms with Crippen LogP contribution in [0.5, 0.6) is 5.75 Å². The van der Waals surface area contributed by atoms with Crippen LogP contribution < -0.4 is 15.4 Å². The Morgan fingerprint density at radius 1 is 1.32 bits per heavy atom. The van der Waals surface area contributed by atoms with Gasteiger partial charge in [-0.1, -0.05) is 17.7 Å². The van der Waals surface area contributed by atoms with Gasteiger partial charge in [-0.05, 0) is 31.9 Å². The van der Waals surface area contributed by atoms with Gasteiger partial charge in [0.1, 0.15) is 5.75 Å². The van der Waals surface area contributed by atoms with E-state index in [0.717, 1.165) is 38.2 Å². The predicted octanol–water partition coefficient (Wildman–Crippen LogP) is 1.49. The van der Waals surface area contributed by atoms with Crippen LogP contribution in [0.15, 0.2) is 24.3 Å². The third kappa shape index (κ3) is 4.56. The molecule has 19 heavy (non-hydrogen) atoms. The number of benzene rings is 1. The Hall–Kier alpha value is -1.55. The van der Waals surface area contributed by atoms with Crippen molar-refractivity contribution in [1.82, 2.24) is 10.6 Å². The Balaban J connectivity index is 1.50. The van der Waals surface area contributed by atoms with Crippen molar-refractivity contribution in [3.63, 3.8) is 0 Å². The normalized spacial score (nSPS) is 14.8. The van der Waals surface area contributed by atoms with Crippen LogP contribution in [0.4, 0.5) is 0 Å². The minimum Gasteiger partial charge on any atom is -0.494 e. The maximum absolute atomic E-state index is 11.5. The Bertz CT molecular complexity index is 399. The van der Waals surface area contributed by atoms with E-state index in [-0.39, 0.29) is 11.8 Å². The Morgan fingerprint density at radius 3 is 2.68 bits per heavy atom. The standard InChI is InChI=1S/C15H22N2O2/c1-12-4-6-14(7-5-12)19-9-3-2-8-17-15(18)13-10-16-11-13/h4-7,13,16H,2-3,8-11H2,1H3,(H,17,18). The molecule has 4 nitrogen and oxygen atoms in total. The summed E-state index contributed by atoms with van der Waals surface area (Å²) in [5.41, 5.74) is 1.24. The van der Waals surface area contributed by atoms with Crippen molar-refractivity contribution in [2.24, 2.45) is 5.92 Å². The highest BCUT2D eigenvalue weighted by Gasteiger charge is 2.23. The molecule has 0 unspecified atom stereocenters. The first-order valence-corrected chi connectivity index (χ1v) is 6.93. The number of ether oxygens (including phenoxy) is 1. The van der Waals surface area contributed by atoms with E-state index in [0.29, 0.717) is 6.61 Å². The molecule has 2 rings (SSSR count). The molecule has 1 saturated heterocycles. The summed E-state index contributed by atoms with van der Waals surface area (Å²) < 4.78 is 5.63. The predicted molar refractivity (Wildman–Crippen MR) is 75.3 cm³/mol. The average Bonchev–Trinajstić information content (AvgIpc) is 2.33. The molecule has 0 atom stereocenters. The lowest BCUT2D eigenvalue weighted by Gasteiger charge is -2.25. The fourth-order valence-corrected chi connectivity index (χ4v) is 1.88. The lowest BCUT2D eigenvalue weighted by molar-refractivity contribution is -0.126. The minimum atomic E-state index is 0.179. The van der Waals surface area contributed by atoms with E-state index in [2.05, 4.69) is 17.6 Å². The number of rotatable bonds is 7. The van der Waals surface area contributed by atoms with E-state index >= 15 is 0 Å². The van der Waals surface area contributed by atoms with E-state index in [9.17, 15) is 4.79 Å². The van der Waals surface area contributed by atoms with Crippen molar-refractivity contribution in [2.75, 3.05) is 26.2 Å². The maximum Gasteiger partial charge on any atom is 0.225 e. The molecule has 1 aromatic carbocycles. The molecule has 0 saturated carbocycles. The van der Waals surface area contributed by atoms with Gasteiger partial charge < -0.3 is 15.4 Å². The highest BCUT2D eigenvalue weighted by molar-refractivity contribution is 5.79. The largest absolute Gasteiger partial charge is 0.494 e. The Kier molecular flexibility index (Phi) is 5.21. The summed E-state index contributed by atoms with van der Waals surface area (Å²) in [4.78, 5) is 11.5. The van der Waals surface area contributed by atoms with Crippen molar-refractivity contribution in [3.8, 4) is 5.75 Å². The second-order valence-electron chi connectivity index (χ2n) is 5.01. The molecule has 0 bridgehead atoms. The molecule has 1 heterocycles. The molecule has 4 heteroatoms. The summed E-state index contributed by atoms with van der Waals surface area (Å²) in [7, 11) is 0. The fourth-order valence-electron chi connectivity index (χ4n) is 1.88. The van der Waals surface area contributed by atoms with Crippen LogP contribution in [0.1, 0.15) is 18.4 Å². The zero-order valence-electron chi connectivity index (χ0n) is 11.4. The number of hydrogen-bond donors (Lipinski definition) is 2. The molecule has 0 aliphatic carbocycles. The lowest BCUT2D eigenvalue weighted by Crippen LogP contribution is -2.50. The fraction of sp³-hybridized carbons (Fsp3) is 0.533. The van der Waals surface area contributed by atoms with E-state index < -0.39 is 0 Å². The number of nitrogens with one attached hydrogen (secondary N) is 2. The van der Waals surface area contributed by atoms with E-state index in [1.54, 1.807) is 0 Å². The van der Waals surface area contributed by atoms with Crippen LogP contribution in [0.2, 0.25) is 0 Å². The topological polar surface area (TPSA) is 50.4 Å². The summed E-state index contributed by atoms with van der Waals surface area (Å²) in [5, 5.41) is 6.05. The van der Waals surface area contributed by atoms with Gasteiger partial charge in [0.2, 0.25) is 5.91 Å². The molecule has 2 N–H and O–H groups in total. The molecule has 1 fully saturated rings. The highest BCUT2D eigenvalue weighted by atomic mass is 16.5. The van der Waals surface area contributed by atoms with E-state index in [1.165, 1.54) is 5.56 Å². The van der Waals surface area contributed by atoms with Crippen molar-refractivity contribution in [2.45, 2.75) is 19.8 Å². The molecule has 1 aliphatic heterocycles. The van der Waals surface area contributed by atoms with E-state index in [4.69, 9.17) is 4.74 Å². The van der Waals surface area contributed by atoms with Crippen LogP contribution in [0, 0.1) is 12.8 Å². The molecule has 1 aliphatic rings. The average molecular weight is 262 g/mol. The number of unbranched alkanes of at least 4 members (excludes halogenated alkanes) is 1. The minimum absolute atomic E-state index is 0.179. The summed E-state index contributed by atoms with van der Waals surface area (Å²) >= 11 is 0. The number of carbonyl (C=O) groups excluding carboxylic acids is 1. The lowest BCUT2D eigenvalue weighted by atomic mass is 10.0. The van der Waals surface area contributed by atoms with Crippen molar-refractivity contribution in [1.29, 1.82) is 0 Å². The van der Waals surface area contributed by atoms with E-state index in [1.807, 2.05) is 24.3 Å². The highest BCUT2D eigenvalue weighted by Crippen LogP contribution is 2.11. The zero-order valence-corrected chi connectivity index (χ0v) is 11.4. The summed E-state index contributed by atoms with van der Waals surface area (Å²) in [5.74, 6) is 1.28. The molecular formula is C15H22N2O2. The smallest absolute Gasteiger partial charge is 0.225 e. The molecule has 1 amide bonds. The first-order chi connectivity index (χ1) is 9.25. The first kappa shape index (κ1) is 13.9. The molecule has 0 spiro atoms. The number of carbonyl (C=O) groups is 1. The van der Waals surface area contributed by atoms with Crippen molar-refractivity contribution < 1.29 is 9.53 Å². The van der Waals surface area contributed by atoms with Crippen LogP contribution >= 0.6 is 0 Å². The molecular weight excluding hydrogens is 240 g/mol.